The Labute approximate surface area is 258 Å². The average molecular weight is 659 g/mol. The van der Waals surface area contributed by atoms with Gasteiger partial charge in [-0.25, -0.2) is 8.42 Å². The SMILES string of the molecule is CC[C@@H](C)NC(=O)[C@H](CC)N(Cc1ccc(C)cc1)C(=O)CN(c1ccc(C)cc1)S(=O)(=O)c1ccc(OC)c(Br)c1. The lowest BCUT2D eigenvalue weighted by molar-refractivity contribution is -0.140. The molecule has 3 aromatic rings. The van der Waals surface area contributed by atoms with Gasteiger partial charge in [0.25, 0.3) is 10.0 Å². The van der Waals surface area contributed by atoms with E-state index in [1.165, 1.54) is 24.1 Å². The van der Waals surface area contributed by atoms with Crippen LogP contribution in [-0.4, -0.2) is 50.9 Å². The summed E-state index contributed by atoms with van der Waals surface area (Å²) < 4.78 is 35.0. The first kappa shape index (κ1) is 33.1. The molecule has 0 spiro atoms. The lowest BCUT2D eigenvalue weighted by Gasteiger charge is -2.33. The molecule has 0 bridgehead atoms. The molecule has 0 saturated carbocycles. The summed E-state index contributed by atoms with van der Waals surface area (Å²) in [6, 6.07) is 18.3. The Morgan fingerprint density at radius 3 is 2.05 bits per heavy atom. The van der Waals surface area contributed by atoms with Gasteiger partial charge in [-0.2, -0.15) is 0 Å². The van der Waals surface area contributed by atoms with E-state index < -0.39 is 28.5 Å². The molecule has 1 N–H and O–H groups in total. The highest BCUT2D eigenvalue weighted by Gasteiger charge is 2.34. The maximum Gasteiger partial charge on any atom is 0.264 e. The summed E-state index contributed by atoms with van der Waals surface area (Å²) in [7, 11) is -2.70. The molecule has 0 unspecified atom stereocenters. The van der Waals surface area contributed by atoms with Gasteiger partial charge in [-0.1, -0.05) is 61.4 Å². The van der Waals surface area contributed by atoms with Gasteiger partial charge >= 0.3 is 0 Å². The molecule has 0 fully saturated rings. The smallest absolute Gasteiger partial charge is 0.264 e. The van der Waals surface area contributed by atoms with Gasteiger partial charge in [0.05, 0.1) is 22.2 Å². The van der Waals surface area contributed by atoms with Gasteiger partial charge in [0.2, 0.25) is 11.8 Å². The number of anilines is 1. The Morgan fingerprint density at radius 2 is 1.52 bits per heavy atom. The van der Waals surface area contributed by atoms with Crippen molar-refractivity contribution in [1.82, 2.24) is 10.2 Å². The highest BCUT2D eigenvalue weighted by molar-refractivity contribution is 9.10. The van der Waals surface area contributed by atoms with Crippen LogP contribution in [0.2, 0.25) is 0 Å². The van der Waals surface area contributed by atoms with Gasteiger partial charge in [-0.05, 0) is 85.4 Å². The van der Waals surface area contributed by atoms with Crippen molar-refractivity contribution in [3.8, 4) is 5.75 Å². The number of hydrogen-bond acceptors (Lipinski definition) is 5. The van der Waals surface area contributed by atoms with Crippen molar-refractivity contribution in [1.29, 1.82) is 0 Å². The quantitative estimate of drug-likeness (QED) is 0.244. The van der Waals surface area contributed by atoms with Crippen LogP contribution in [0.25, 0.3) is 0 Å². The van der Waals surface area contributed by atoms with Crippen molar-refractivity contribution in [2.45, 2.75) is 71.0 Å². The van der Waals surface area contributed by atoms with E-state index in [9.17, 15) is 18.0 Å². The van der Waals surface area contributed by atoms with E-state index in [0.717, 1.165) is 27.4 Å². The van der Waals surface area contributed by atoms with Gasteiger partial charge in [0, 0.05) is 12.6 Å². The van der Waals surface area contributed by atoms with Crippen LogP contribution in [0.15, 0.2) is 76.1 Å². The van der Waals surface area contributed by atoms with Gasteiger partial charge in [-0.15, -0.1) is 0 Å². The van der Waals surface area contributed by atoms with Crippen molar-refractivity contribution in [2.24, 2.45) is 0 Å². The molecule has 226 valence electrons. The Bertz CT molecular complexity index is 1480. The van der Waals surface area contributed by atoms with Gasteiger partial charge in [0.15, 0.2) is 0 Å². The summed E-state index contributed by atoms with van der Waals surface area (Å²) in [4.78, 5) is 29.1. The zero-order valence-electron chi connectivity index (χ0n) is 25.1. The number of amides is 2. The lowest BCUT2D eigenvalue weighted by Crippen LogP contribution is -2.53. The minimum atomic E-state index is -4.20. The molecule has 2 atom stereocenters. The fraction of sp³-hybridized carbons (Fsp3) is 0.375. The molecule has 3 rings (SSSR count). The van der Waals surface area contributed by atoms with E-state index >= 15 is 0 Å². The van der Waals surface area contributed by atoms with Crippen molar-refractivity contribution in [3.05, 3.63) is 87.9 Å². The highest BCUT2D eigenvalue weighted by Crippen LogP contribution is 2.31. The molecule has 0 aliphatic heterocycles. The molecule has 42 heavy (non-hydrogen) atoms. The maximum atomic E-state index is 14.2. The molecule has 0 saturated heterocycles. The number of ether oxygens (including phenoxy) is 1. The predicted octanol–water partition coefficient (Wildman–Crippen LogP) is 5.99. The lowest BCUT2D eigenvalue weighted by atomic mass is 10.1. The number of benzene rings is 3. The third-order valence-electron chi connectivity index (χ3n) is 7.17. The number of carbonyl (C=O) groups is 2. The van der Waals surface area contributed by atoms with E-state index in [1.807, 2.05) is 58.9 Å². The number of methoxy groups -OCH3 is 1. The van der Waals surface area contributed by atoms with E-state index in [1.54, 1.807) is 30.3 Å². The van der Waals surface area contributed by atoms with Crippen molar-refractivity contribution >= 4 is 43.5 Å². The first-order chi connectivity index (χ1) is 19.9. The van der Waals surface area contributed by atoms with Crippen LogP contribution in [0.1, 0.15) is 50.3 Å². The van der Waals surface area contributed by atoms with Crippen LogP contribution in [-0.2, 0) is 26.2 Å². The molecule has 0 aromatic heterocycles. The zero-order chi connectivity index (χ0) is 31.0. The Kier molecular flexibility index (Phi) is 11.6. The number of nitrogens with zero attached hydrogens (tertiary/aromatic N) is 2. The van der Waals surface area contributed by atoms with E-state index in [2.05, 4.69) is 21.2 Å². The minimum absolute atomic E-state index is 0.00445. The van der Waals surface area contributed by atoms with Gasteiger partial charge in [-0.3, -0.25) is 13.9 Å². The molecule has 0 aliphatic rings. The zero-order valence-corrected chi connectivity index (χ0v) is 27.5. The standard InChI is InChI=1S/C32H40BrN3O5S/c1-7-24(5)34-32(38)29(8-2)35(20-25-13-9-22(3)10-14-25)31(37)21-36(26-15-11-23(4)12-16-26)42(39,40)27-17-18-30(41-6)28(33)19-27/h9-19,24,29H,7-8,20-21H2,1-6H3,(H,34,38)/t24-,29+/m1/s1. The summed E-state index contributed by atoms with van der Waals surface area (Å²) in [5.41, 5.74) is 3.20. The number of hydrogen-bond donors (Lipinski definition) is 1. The topological polar surface area (TPSA) is 96.0 Å². The summed E-state index contributed by atoms with van der Waals surface area (Å²) in [6.45, 7) is 9.27. The van der Waals surface area contributed by atoms with Gasteiger partial charge in [0.1, 0.15) is 18.3 Å². The molecule has 10 heteroatoms. The largest absolute Gasteiger partial charge is 0.496 e. The average Bonchev–Trinajstić information content (AvgIpc) is 2.97. The molecule has 0 radical (unpaired) electrons. The van der Waals surface area contributed by atoms with Gasteiger partial charge < -0.3 is 15.0 Å². The van der Waals surface area contributed by atoms with E-state index in [4.69, 9.17) is 4.74 Å². The molecule has 3 aromatic carbocycles. The number of rotatable bonds is 13. The monoisotopic (exact) mass is 657 g/mol. The van der Waals surface area contributed by atoms with Crippen LogP contribution in [0.4, 0.5) is 5.69 Å². The molecule has 0 heterocycles. The minimum Gasteiger partial charge on any atom is -0.496 e. The predicted molar refractivity (Wildman–Crippen MR) is 170 cm³/mol. The summed E-state index contributed by atoms with van der Waals surface area (Å²) in [5, 5.41) is 2.99. The molecule has 2 amide bonds. The fourth-order valence-electron chi connectivity index (χ4n) is 4.43. The van der Waals surface area contributed by atoms with Crippen LogP contribution in [0, 0.1) is 13.8 Å². The highest BCUT2D eigenvalue weighted by atomic mass is 79.9. The number of halogens is 1. The van der Waals surface area contributed by atoms with Crippen LogP contribution < -0.4 is 14.4 Å². The van der Waals surface area contributed by atoms with E-state index in [-0.39, 0.29) is 23.4 Å². The maximum absolute atomic E-state index is 14.2. The first-order valence-corrected chi connectivity index (χ1v) is 16.2. The van der Waals surface area contributed by atoms with Crippen LogP contribution in [0.5, 0.6) is 5.75 Å². The second-order valence-electron chi connectivity index (χ2n) is 10.4. The van der Waals surface area contributed by atoms with Crippen LogP contribution >= 0.6 is 15.9 Å². The number of sulfonamides is 1. The fourth-order valence-corrected chi connectivity index (χ4v) is 6.56. The van der Waals surface area contributed by atoms with E-state index in [0.29, 0.717) is 22.3 Å². The third kappa shape index (κ3) is 8.13. The van der Waals surface area contributed by atoms with Crippen molar-refractivity contribution in [2.75, 3.05) is 18.0 Å². The summed E-state index contributed by atoms with van der Waals surface area (Å²) in [5.74, 6) is -0.274. The normalized spacial score (nSPS) is 12.7. The number of nitrogens with one attached hydrogen (secondary N) is 1. The summed E-state index contributed by atoms with van der Waals surface area (Å²) >= 11 is 3.37. The number of aryl methyl sites for hydroxylation is 2. The Hall–Kier alpha value is -3.37. The second kappa shape index (κ2) is 14.7. The number of carbonyl (C=O) groups excluding carboxylic acids is 2. The van der Waals surface area contributed by atoms with Crippen molar-refractivity contribution in [3.63, 3.8) is 0 Å². The third-order valence-corrected chi connectivity index (χ3v) is 9.56. The Balaban J connectivity index is 2.07. The first-order valence-electron chi connectivity index (χ1n) is 14.0. The molecular weight excluding hydrogens is 618 g/mol. The molecule has 0 aliphatic carbocycles. The van der Waals surface area contributed by atoms with Crippen LogP contribution in [0.3, 0.4) is 0 Å². The molecule has 8 nitrogen and oxygen atoms in total. The Morgan fingerprint density at radius 1 is 0.929 bits per heavy atom. The van der Waals surface area contributed by atoms with Crippen molar-refractivity contribution < 1.29 is 22.7 Å². The second-order valence-corrected chi connectivity index (χ2v) is 13.1. The molecular formula is C32H40BrN3O5S. The summed E-state index contributed by atoms with van der Waals surface area (Å²) in [6.07, 6.45) is 1.10.